The van der Waals surface area contributed by atoms with E-state index in [4.69, 9.17) is 0 Å². The normalized spacial score (nSPS) is 11.6. The zero-order valence-electron chi connectivity index (χ0n) is 12.9. The molecule has 0 bridgehead atoms. The molecule has 1 atom stereocenters. The van der Waals surface area contributed by atoms with Crippen LogP contribution in [0, 0.1) is 11.6 Å². The number of halogens is 2. The maximum absolute atomic E-state index is 13.1. The Labute approximate surface area is 142 Å². The molecule has 0 saturated heterocycles. The number of nitrogens with one attached hydrogen (secondary N) is 2. The summed E-state index contributed by atoms with van der Waals surface area (Å²) in [5, 5.41) is 5.24. The predicted molar refractivity (Wildman–Crippen MR) is 89.8 cm³/mol. The Kier molecular flexibility index (Phi) is 6.31. The average Bonchev–Trinajstić information content (AvgIpc) is 2.56. The minimum atomic E-state index is -0.962. The summed E-state index contributed by atoms with van der Waals surface area (Å²) in [4.78, 5) is 24.3. The quantitative estimate of drug-likeness (QED) is 0.787. The predicted octanol–water partition coefficient (Wildman–Crippen LogP) is 3.20. The van der Waals surface area contributed by atoms with Gasteiger partial charge in [-0.15, -0.1) is 11.8 Å². The number of thioether (sulfide) groups is 1. The van der Waals surface area contributed by atoms with Crippen LogP contribution in [0.15, 0.2) is 53.4 Å². The topological polar surface area (TPSA) is 58.2 Å². The van der Waals surface area contributed by atoms with Crippen LogP contribution in [0.2, 0.25) is 0 Å². The molecule has 1 unspecified atom stereocenters. The van der Waals surface area contributed by atoms with Crippen LogP contribution in [0.4, 0.5) is 14.5 Å². The van der Waals surface area contributed by atoms with Crippen molar-refractivity contribution < 1.29 is 18.4 Å². The zero-order chi connectivity index (χ0) is 17.5. The Bertz CT molecular complexity index is 726. The number of carbonyl (C=O) groups excluding carboxylic acids is 2. The molecule has 24 heavy (non-hydrogen) atoms. The van der Waals surface area contributed by atoms with Gasteiger partial charge in [0.1, 0.15) is 6.04 Å². The van der Waals surface area contributed by atoms with Crippen LogP contribution >= 0.6 is 11.8 Å². The number of amides is 2. The first-order valence-electron chi connectivity index (χ1n) is 7.19. The van der Waals surface area contributed by atoms with Crippen LogP contribution < -0.4 is 10.6 Å². The fraction of sp³-hybridized carbons (Fsp3) is 0.176. The first-order chi connectivity index (χ1) is 11.5. The molecule has 0 aliphatic rings. The monoisotopic (exact) mass is 350 g/mol. The highest BCUT2D eigenvalue weighted by atomic mass is 32.2. The van der Waals surface area contributed by atoms with Crippen LogP contribution in [0.5, 0.6) is 0 Å². The van der Waals surface area contributed by atoms with Gasteiger partial charge in [0.2, 0.25) is 11.8 Å². The second kappa shape index (κ2) is 8.44. The van der Waals surface area contributed by atoms with Crippen LogP contribution in [0.25, 0.3) is 0 Å². The zero-order valence-corrected chi connectivity index (χ0v) is 13.7. The highest BCUT2D eigenvalue weighted by Gasteiger charge is 2.16. The van der Waals surface area contributed by atoms with Crippen molar-refractivity contribution in [2.24, 2.45) is 0 Å². The summed E-state index contributed by atoms with van der Waals surface area (Å²) in [6, 6.07) is 11.6. The van der Waals surface area contributed by atoms with Gasteiger partial charge in [0.15, 0.2) is 11.6 Å². The van der Waals surface area contributed by atoms with Crippen molar-refractivity contribution in [2.45, 2.75) is 17.9 Å². The number of anilines is 1. The third-order valence-corrected chi connectivity index (χ3v) is 4.07. The van der Waals surface area contributed by atoms with Crippen LogP contribution in [-0.4, -0.2) is 23.6 Å². The lowest BCUT2D eigenvalue weighted by molar-refractivity contribution is -0.124. The van der Waals surface area contributed by atoms with Crippen molar-refractivity contribution in [1.82, 2.24) is 5.32 Å². The van der Waals surface area contributed by atoms with E-state index in [2.05, 4.69) is 10.6 Å². The standard InChI is InChI=1S/C17H16F2N2O2S/c1-11(17(23)21-12-5-3-2-4-6-12)20-16(22)10-24-13-7-8-14(18)15(19)9-13/h2-9,11H,10H2,1H3,(H,20,22)(H,21,23). The van der Waals surface area contributed by atoms with Crippen molar-refractivity contribution in [2.75, 3.05) is 11.1 Å². The average molecular weight is 350 g/mol. The van der Waals surface area contributed by atoms with Crippen LogP contribution in [0.3, 0.4) is 0 Å². The molecular weight excluding hydrogens is 334 g/mol. The van der Waals surface area contributed by atoms with E-state index in [0.717, 1.165) is 23.9 Å². The summed E-state index contributed by atoms with van der Waals surface area (Å²) in [6.45, 7) is 1.57. The highest BCUT2D eigenvalue weighted by Crippen LogP contribution is 2.20. The van der Waals surface area contributed by atoms with Gasteiger partial charge in [-0.3, -0.25) is 9.59 Å². The van der Waals surface area contributed by atoms with Crippen LogP contribution in [-0.2, 0) is 9.59 Å². The fourth-order valence-electron chi connectivity index (χ4n) is 1.84. The summed E-state index contributed by atoms with van der Waals surface area (Å²) in [5.74, 6) is -2.62. The maximum Gasteiger partial charge on any atom is 0.246 e. The van der Waals surface area contributed by atoms with Gasteiger partial charge in [-0.2, -0.15) is 0 Å². The van der Waals surface area contributed by atoms with E-state index >= 15 is 0 Å². The molecule has 2 N–H and O–H groups in total. The Hall–Kier alpha value is -2.41. The van der Waals surface area contributed by atoms with E-state index in [9.17, 15) is 18.4 Å². The molecule has 7 heteroatoms. The molecule has 4 nitrogen and oxygen atoms in total. The third kappa shape index (κ3) is 5.34. The number of hydrogen-bond acceptors (Lipinski definition) is 3. The van der Waals surface area contributed by atoms with Crippen LogP contribution in [0.1, 0.15) is 6.92 Å². The van der Waals surface area contributed by atoms with E-state index in [1.54, 1.807) is 31.2 Å². The smallest absolute Gasteiger partial charge is 0.246 e. The fourth-order valence-corrected chi connectivity index (χ4v) is 2.57. The number of benzene rings is 2. The van der Waals surface area contributed by atoms with Crippen molar-refractivity contribution in [3.8, 4) is 0 Å². The summed E-state index contributed by atoms with van der Waals surface area (Å²) in [5.41, 5.74) is 0.639. The van der Waals surface area contributed by atoms with Gasteiger partial charge in [0.05, 0.1) is 5.75 Å². The number of rotatable bonds is 6. The number of para-hydroxylation sites is 1. The summed E-state index contributed by atoms with van der Waals surface area (Å²) >= 11 is 1.06. The number of carbonyl (C=O) groups is 2. The SMILES string of the molecule is CC(NC(=O)CSc1ccc(F)c(F)c1)C(=O)Nc1ccccc1. The molecule has 2 aromatic carbocycles. The van der Waals surface area contributed by atoms with Crippen molar-refractivity contribution in [3.05, 3.63) is 60.2 Å². The van der Waals surface area contributed by atoms with Crippen molar-refractivity contribution in [1.29, 1.82) is 0 Å². The minimum absolute atomic E-state index is 0.00592. The summed E-state index contributed by atoms with van der Waals surface area (Å²) < 4.78 is 25.9. The molecular formula is C17H16F2N2O2S. The molecule has 2 amide bonds. The molecule has 0 aliphatic carbocycles. The lowest BCUT2D eigenvalue weighted by atomic mass is 10.2. The van der Waals surface area contributed by atoms with Gasteiger partial charge < -0.3 is 10.6 Å². The molecule has 2 rings (SSSR count). The van der Waals surface area contributed by atoms with Gasteiger partial charge in [-0.1, -0.05) is 18.2 Å². The van der Waals surface area contributed by atoms with Gasteiger partial charge in [0, 0.05) is 10.6 Å². The largest absolute Gasteiger partial charge is 0.344 e. The first kappa shape index (κ1) is 17.9. The molecule has 0 saturated carbocycles. The Morgan fingerprint density at radius 3 is 2.46 bits per heavy atom. The molecule has 2 aromatic rings. The van der Waals surface area contributed by atoms with E-state index in [0.29, 0.717) is 10.6 Å². The van der Waals surface area contributed by atoms with Gasteiger partial charge in [-0.05, 0) is 37.3 Å². The van der Waals surface area contributed by atoms with Crippen molar-refractivity contribution >= 4 is 29.3 Å². The minimum Gasteiger partial charge on any atom is -0.344 e. The summed E-state index contributed by atoms with van der Waals surface area (Å²) in [6.07, 6.45) is 0. The molecule has 126 valence electrons. The van der Waals surface area contributed by atoms with E-state index in [1.807, 2.05) is 6.07 Å². The molecule has 0 heterocycles. The van der Waals surface area contributed by atoms with Gasteiger partial charge in [-0.25, -0.2) is 8.78 Å². The second-order valence-corrected chi connectivity index (χ2v) is 6.06. The Morgan fingerprint density at radius 2 is 1.79 bits per heavy atom. The highest BCUT2D eigenvalue weighted by molar-refractivity contribution is 8.00. The molecule has 0 fully saturated rings. The van der Waals surface area contributed by atoms with Crippen molar-refractivity contribution in [3.63, 3.8) is 0 Å². The number of hydrogen-bond donors (Lipinski definition) is 2. The Balaban J connectivity index is 1.80. The Morgan fingerprint density at radius 1 is 1.08 bits per heavy atom. The summed E-state index contributed by atoms with van der Waals surface area (Å²) in [7, 11) is 0. The van der Waals surface area contributed by atoms with Gasteiger partial charge >= 0.3 is 0 Å². The lowest BCUT2D eigenvalue weighted by Gasteiger charge is -2.14. The third-order valence-electron chi connectivity index (χ3n) is 3.07. The molecule has 0 aliphatic heterocycles. The van der Waals surface area contributed by atoms with E-state index in [-0.39, 0.29) is 17.6 Å². The first-order valence-corrected chi connectivity index (χ1v) is 8.17. The lowest BCUT2D eigenvalue weighted by Crippen LogP contribution is -2.42. The van der Waals surface area contributed by atoms with E-state index in [1.165, 1.54) is 6.07 Å². The molecule has 0 spiro atoms. The van der Waals surface area contributed by atoms with Gasteiger partial charge in [0.25, 0.3) is 0 Å². The molecule has 0 radical (unpaired) electrons. The maximum atomic E-state index is 13.1. The van der Waals surface area contributed by atoms with E-state index < -0.39 is 17.7 Å². The second-order valence-electron chi connectivity index (χ2n) is 5.01. The molecule has 0 aromatic heterocycles.